The summed E-state index contributed by atoms with van der Waals surface area (Å²) in [6, 6.07) is 0.734. The van der Waals surface area contributed by atoms with Gasteiger partial charge in [0, 0.05) is 30.6 Å². The summed E-state index contributed by atoms with van der Waals surface area (Å²) in [5, 5.41) is 12.0. The molecule has 4 bridgehead atoms. The Morgan fingerprint density at radius 1 is 1.16 bits per heavy atom. The van der Waals surface area contributed by atoms with Crippen LogP contribution in [0.4, 0.5) is 0 Å². The highest BCUT2D eigenvalue weighted by Crippen LogP contribution is 2.60. The number of nitrogens with zero attached hydrogens (tertiary/aromatic N) is 1. The van der Waals surface area contributed by atoms with E-state index in [0.717, 1.165) is 38.2 Å². The number of amides is 1. The molecule has 1 unspecified atom stereocenters. The molecule has 1 atom stereocenters. The number of aryl methyl sites for hydroxylation is 1. The number of sulfonamides is 1. The highest BCUT2D eigenvalue weighted by Gasteiger charge is 2.54. The molecular formula is C23H32N2O6S. The number of aromatic carboxylic acids is 1. The smallest absolute Gasteiger partial charge is 0.339 e. The third kappa shape index (κ3) is 3.67. The molecule has 4 aliphatic carbocycles. The number of carboxylic acid groups (broad SMARTS) is 1. The first kappa shape index (κ1) is 21.9. The van der Waals surface area contributed by atoms with Crippen molar-refractivity contribution in [3.8, 4) is 0 Å². The number of piperidine rings is 1. The van der Waals surface area contributed by atoms with Gasteiger partial charge in [-0.2, -0.15) is 4.31 Å². The van der Waals surface area contributed by atoms with Gasteiger partial charge in [0.15, 0.2) is 0 Å². The number of carboxylic acids is 1. The van der Waals surface area contributed by atoms with Crippen LogP contribution in [-0.2, 0) is 14.8 Å². The summed E-state index contributed by atoms with van der Waals surface area (Å²) in [5.74, 6) is 0.963. The van der Waals surface area contributed by atoms with Gasteiger partial charge >= 0.3 is 5.97 Å². The van der Waals surface area contributed by atoms with E-state index in [-0.39, 0.29) is 40.3 Å². The molecule has 32 heavy (non-hydrogen) atoms. The second-order valence-corrected chi connectivity index (χ2v) is 12.3. The summed E-state index contributed by atoms with van der Waals surface area (Å²) in [7, 11) is -3.99. The molecule has 4 saturated carbocycles. The topological polar surface area (TPSA) is 117 Å². The predicted octanol–water partition coefficient (Wildman–Crippen LogP) is 3.16. The van der Waals surface area contributed by atoms with E-state index in [4.69, 9.17) is 4.42 Å². The van der Waals surface area contributed by atoms with Crippen LogP contribution in [0.15, 0.2) is 15.6 Å². The molecule has 1 aromatic rings. The molecule has 1 saturated heterocycles. The van der Waals surface area contributed by atoms with Crippen LogP contribution in [0.25, 0.3) is 0 Å². The van der Waals surface area contributed by atoms with Crippen molar-refractivity contribution in [2.75, 3.05) is 13.1 Å². The van der Waals surface area contributed by atoms with Crippen molar-refractivity contribution in [2.45, 2.75) is 75.8 Å². The van der Waals surface area contributed by atoms with E-state index in [9.17, 15) is 23.1 Å². The lowest BCUT2D eigenvalue weighted by atomic mass is 9.49. The quantitative estimate of drug-likeness (QED) is 0.668. The zero-order chi connectivity index (χ0) is 22.7. The van der Waals surface area contributed by atoms with Crippen molar-refractivity contribution < 1.29 is 27.5 Å². The first-order valence-electron chi connectivity index (χ1n) is 11.8. The molecule has 0 spiro atoms. The maximum atomic E-state index is 13.3. The second-order valence-electron chi connectivity index (χ2n) is 10.5. The van der Waals surface area contributed by atoms with E-state index in [1.807, 2.05) is 0 Å². The van der Waals surface area contributed by atoms with Gasteiger partial charge < -0.3 is 14.8 Å². The largest absolute Gasteiger partial charge is 0.478 e. The molecular weight excluding hydrogens is 432 g/mol. The molecule has 5 aliphatic rings. The normalized spacial score (nSPS) is 34.5. The number of furan rings is 1. The Bertz CT molecular complexity index is 994. The fraction of sp³-hybridized carbons (Fsp3) is 0.739. The molecule has 6 rings (SSSR count). The highest BCUT2D eigenvalue weighted by atomic mass is 32.2. The maximum Gasteiger partial charge on any atom is 0.339 e. The van der Waals surface area contributed by atoms with Crippen LogP contribution in [0.1, 0.15) is 73.9 Å². The van der Waals surface area contributed by atoms with Gasteiger partial charge in [0.1, 0.15) is 11.3 Å². The SMILES string of the molecule is Cc1oc(S(=O)(=O)N2CCCCC2CNC(=O)C23CC4CC(CC(C4)C2)C3)cc1C(=O)O. The Morgan fingerprint density at radius 2 is 1.78 bits per heavy atom. The van der Waals surface area contributed by atoms with Gasteiger partial charge in [-0.25, -0.2) is 13.2 Å². The molecule has 1 aromatic heterocycles. The minimum Gasteiger partial charge on any atom is -0.478 e. The van der Waals surface area contributed by atoms with Crippen molar-refractivity contribution in [3.63, 3.8) is 0 Å². The Kier molecular flexibility index (Phi) is 5.40. The minimum absolute atomic E-state index is 0.0692. The van der Waals surface area contributed by atoms with Gasteiger partial charge in [-0.1, -0.05) is 6.42 Å². The molecule has 2 N–H and O–H groups in total. The van der Waals surface area contributed by atoms with Gasteiger partial charge in [0.05, 0.1) is 0 Å². The summed E-state index contributed by atoms with van der Waals surface area (Å²) in [6.45, 7) is 2.07. The molecule has 5 fully saturated rings. The van der Waals surface area contributed by atoms with E-state index < -0.39 is 16.0 Å². The Balaban J connectivity index is 1.30. The van der Waals surface area contributed by atoms with Crippen molar-refractivity contribution in [1.29, 1.82) is 0 Å². The van der Waals surface area contributed by atoms with Crippen LogP contribution in [0.5, 0.6) is 0 Å². The number of nitrogens with one attached hydrogen (secondary N) is 1. The fourth-order valence-electron chi connectivity index (χ4n) is 7.19. The number of hydrogen-bond donors (Lipinski definition) is 2. The van der Waals surface area contributed by atoms with E-state index in [1.54, 1.807) is 0 Å². The lowest BCUT2D eigenvalue weighted by Crippen LogP contribution is -2.56. The molecule has 1 amide bonds. The summed E-state index contributed by atoms with van der Waals surface area (Å²) in [6.07, 6.45) is 8.99. The third-order valence-corrected chi connectivity index (χ3v) is 10.1. The zero-order valence-electron chi connectivity index (χ0n) is 18.5. The Hall–Kier alpha value is -1.87. The molecule has 176 valence electrons. The number of carbonyl (C=O) groups is 2. The molecule has 0 aromatic carbocycles. The fourth-order valence-corrected chi connectivity index (χ4v) is 8.86. The van der Waals surface area contributed by atoms with Crippen molar-refractivity contribution in [3.05, 3.63) is 17.4 Å². The van der Waals surface area contributed by atoms with Crippen LogP contribution in [-0.4, -0.2) is 48.8 Å². The molecule has 1 aliphatic heterocycles. The summed E-state index contributed by atoms with van der Waals surface area (Å²) < 4.78 is 33.3. The highest BCUT2D eigenvalue weighted by molar-refractivity contribution is 7.89. The van der Waals surface area contributed by atoms with Crippen molar-refractivity contribution in [2.24, 2.45) is 23.2 Å². The molecule has 8 nitrogen and oxygen atoms in total. The van der Waals surface area contributed by atoms with Crippen LogP contribution in [0.3, 0.4) is 0 Å². The van der Waals surface area contributed by atoms with E-state index >= 15 is 0 Å². The van der Waals surface area contributed by atoms with Crippen molar-refractivity contribution in [1.82, 2.24) is 9.62 Å². The maximum absolute atomic E-state index is 13.3. The van der Waals surface area contributed by atoms with Gasteiger partial charge in [-0.15, -0.1) is 0 Å². The lowest BCUT2D eigenvalue weighted by molar-refractivity contribution is -0.146. The second kappa shape index (κ2) is 7.87. The summed E-state index contributed by atoms with van der Waals surface area (Å²) in [5.41, 5.74) is -0.408. The number of rotatable bonds is 6. The van der Waals surface area contributed by atoms with Gasteiger partial charge in [0.2, 0.25) is 11.0 Å². The van der Waals surface area contributed by atoms with E-state index in [1.165, 1.54) is 30.5 Å². The molecule has 9 heteroatoms. The number of hydrogen-bond acceptors (Lipinski definition) is 5. The summed E-state index contributed by atoms with van der Waals surface area (Å²) >= 11 is 0. The molecule has 0 radical (unpaired) electrons. The van der Waals surface area contributed by atoms with Crippen LogP contribution in [0, 0.1) is 30.1 Å². The van der Waals surface area contributed by atoms with Gasteiger partial charge in [-0.3, -0.25) is 4.79 Å². The van der Waals surface area contributed by atoms with Crippen LogP contribution in [0.2, 0.25) is 0 Å². The minimum atomic E-state index is -3.99. The first-order chi connectivity index (χ1) is 15.2. The van der Waals surface area contributed by atoms with Gasteiger partial charge in [0.25, 0.3) is 10.0 Å². The average molecular weight is 465 g/mol. The third-order valence-electron chi connectivity index (χ3n) is 8.28. The number of carbonyl (C=O) groups excluding carboxylic acids is 1. The standard InChI is InChI=1S/C23H32N2O6S/c1-14-19(21(26)27)9-20(31-14)32(29,30)25-5-3-2-4-18(25)13-24-22(28)23-10-15-6-16(11-23)8-17(7-15)12-23/h9,15-18H,2-8,10-13H2,1H3,(H,24,28)(H,26,27). The van der Waals surface area contributed by atoms with E-state index in [2.05, 4.69) is 5.32 Å². The monoisotopic (exact) mass is 464 g/mol. The lowest BCUT2D eigenvalue weighted by Gasteiger charge is -2.55. The zero-order valence-corrected chi connectivity index (χ0v) is 19.3. The molecule has 2 heterocycles. The average Bonchev–Trinajstić information content (AvgIpc) is 3.14. The van der Waals surface area contributed by atoms with Crippen molar-refractivity contribution >= 4 is 21.9 Å². The summed E-state index contributed by atoms with van der Waals surface area (Å²) in [4.78, 5) is 24.7. The Labute approximate surface area is 188 Å². The predicted molar refractivity (Wildman–Crippen MR) is 116 cm³/mol. The van der Waals surface area contributed by atoms with E-state index in [0.29, 0.717) is 30.7 Å². The van der Waals surface area contributed by atoms with Crippen LogP contribution >= 0.6 is 0 Å². The van der Waals surface area contributed by atoms with Gasteiger partial charge in [-0.05, 0) is 76.0 Å². The van der Waals surface area contributed by atoms with Crippen LogP contribution < -0.4 is 5.32 Å². The first-order valence-corrected chi connectivity index (χ1v) is 13.3. The Morgan fingerprint density at radius 3 is 2.34 bits per heavy atom.